The van der Waals surface area contributed by atoms with Gasteiger partial charge in [-0.15, -0.1) is 0 Å². The number of aromatic amines is 1. The fraction of sp³-hybridized carbons (Fsp3) is 0.462. The SMILES string of the molecule is CC1(C)OB(c2n[nH]c3ccccc23)OC1(C)C. The summed E-state index contributed by atoms with van der Waals surface area (Å²) in [6, 6.07) is 8.00. The smallest absolute Gasteiger partial charge is 0.398 e. The van der Waals surface area contributed by atoms with Crippen molar-refractivity contribution in [3.05, 3.63) is 24.3 Å². The largest absolute Gasteiger partial charge is 0.517 e. The van der Waals surface area contributed by atoms with Gasteiger partial charge in [0.05, 0.1) is 16.7 Å². The second kappa shape index (κ2) is 3.59. The Morgan fingerprint density at radius 2 is 1.67 bits per heavy atom. The molecule has 94 valence electrons. The van der Waals surface area contributed by atoms with Crippen molar-refractivity contribution in [2.75, 3.05) is 0 Å². The van der Waals surface area contributed by atoms with E-state index in [9.17, 15) is 0 Å². The summed E-state index contributed by atoms with van der Waals surface area (Å²) in [7, 11) is -0.411. The summed E-state index contributed by atoms with van der Waals surface area (Å²) in [5.41, 5.74) is 1.15. The Morgan fingerprint density at radius 3 is 2.33 bits per heavy atom. The predicted molar refractivity (Wildman–Crippen MR) is 71.8 cm³/mol. The van der Waals surface area contributed by atoms with E-state index in [-0.39, 0.29) is 11.2 Å². The molecule has 1 fully saturated rings. The Hall–Kier alpha value is -1.33. The highest BCUT2D eigenvalue weighted by Crippen LogP contribution is 2.36. The van der Waals surface area contributed by atoms with Gasteiger partial charge in [-0.3, -0.25) is 5.10 Å². The van der Waals surface area contributed by atoms with Gasteiger partial charge >= 0.3 is 7.12 Å². The minimum absolute atomic E-state index is 0.336. The molecule has 0 bridgehead atoms. The third kappa shape index (κ3) is 1.58. The van der Waals surface area contributed by atoms with E-state index >= 15 is 0 Å². The standard InChI is InChI=1S/C13H17BN2O2/c1-12(2)13(3,4)18-14(17-12)11-9-7-5-6-8-10(9)15-16-11/h5-8H,1-4H3,(H,15,16). The molecule has 0 unspecified atom stereocenters. The van der Waals surface area contributed by atoms with Gasteiger partial charge in [-0.1, -0.05) is 18.2 Å². The van der Waals surface area contributed by atoms with Crippen molar-refractivity contribution in [1.29, 1.82) is 0 Å². The molecule has 0 amide bonds. The molecule has 0 saturated carbocycles. The van der Waals surface area contributed by atoms with E-state index in [1.807, 2.05) is 52.0 Å². The quantitative estimate of drug-likeness (QED) is 0.779. The topological polar surface area (TPSA) is 47.1 Å². The van der Waals surface area contributed by atoms with Gasteiger partial charge in [0.2, 0.25) is 0 Å². The number of hydrogen-bond donors (Lipinski definition) is 1. The first kappa shape index (κ1) is 11.7. The maximum atomic E-state index is 6.01. The zero-order valence-corrected chi connectivity index (χ0v) is 11.2. The third-order valence-electron chi connectivity index (χ3n) is 3.98. The summed E-state index contributed by atoms with van der Waals surface area (Å²) in [4.78, 5) is 0. The summed E-state index contributed by atoms with van der Waals surface area (Å²) in [5.74, 6) is 0. The average Bonchev–Trinajstić information content (AvgIpc) is 2.78. The van der Waals surface area contributed by atoms with Crippen LogP contribution in [-0.2, 0) is 9.31 Å². The van der Waals surface area contributed by atoms with Crippen LogP contribution in [0.15, 0.2) is 24.3 Å². The first-order chi connectivity index (χ1) is 8.41. The number of hydrogen-bond acceptors (Lipinski definition) is 3. The van der Waals surface area contributed by atoms with Crippen molar-refractivity contribution in [3.63, 3.8) is 0 Å². The molecule has 3 rings (SSSR count). The number of benzene rings is 1. The Labute approximate surface area is 107 Å². The molecule has 2 heterocycles. The first-order valence-electron chi connectivity index (χ1n) is 6.19. The molecular weight excluding hydrogens is 227 g/mol. The Morgan fingerprint density at radius 1 is 1.06 bits per heavy atom. The number of nitrogens with one attached hydrogen (secondary N) is 1. The van der Waals surface area contributed by atoms with Crippen LogP contribution >= 0.6 is 0 Å². The first-order valence-corrected chi connectivity index (χ1v) is 6.19. The molecule has 0 spiro atoms. The molecule has 1 aliphatic rings. The van der Waals surface area contributed by atoms with Crippen molar-refractivity contribution in [3.8, 4) is 0 Å². The molecule has 0 atom stereocenters. The normalized spacial score (nSPS) is 21.7. The summed E-state index contributed by atoms with van der Waals surface area (Å²) >= 11 is 0. The van der Waals surface area contributed by atoms with Gasteiger partial charge in [-0.2, -0.15) is 5.10 Å². The maximum Gasteiger partial charge on any atom is 0.517 e. The van der Waals surface area contributed by atoms with Crippen LogP contribution in [-0.4, -0.2) is 28.5 Å². The molecule has 18 heavy (non-hydrogen) atoms. The Bertz CT molecular complexity index is 575. The molecule has 1 aliphatic heterocycles. The van der Waals surface area contributed by atoms with E-state index in [1.54, 1.807) is 0 Å². The zero-order valence-electron chi connectivity index (χ0n) is 11.2. The van der Waals surface area contributed by atoms with Gasteiger partial charge < -0.3 is 9.31 Å². The van der Waals surface area contributed by atoms with Crippen molar-refractivity contribution < 1.29 is 9.31 Å². The van der Waals surface area contributed by atoms with Gasteiger partial charge in [-0.05, 0) is 33.8 Å². The fourth-order valence-corrected chi connectivity index (χ4v) is 2.12. The lowest BCUT2D eigenvalue weighted by Crippen LogP contribution is -2.41. The second-order valence-corrected chi connectivity index (χ2v) is 5.74. The fourth-order valence-electron chi connectivity index (χ4n) is 2.12. The Balaban J connectivity index is 2.03. The van der Waals surface area contributed by atoms with Crippen molar-refractivity contribution in [2.45, 2.75) is 38.9 Å². The highest BCUT2D eigenvalue weighted by molar-refractivity contribution is 6.64. The van der Waals surface area contributed by atoms with Crippen LogP contribution in [0.5, 0.6) is 0 Å². The minimum atomic E-state index is -0.411. The zero-order chi connectivity index (χ0) is 13.0. The van der Waals surface area contributed by atoms with Gasteiger partial charge in [0.1, 0.15) is 5.59 Å². The number of H-pyrrole nitrogens is 1. The Kier molecular flexibility index (Phi) is 2.34. The van der Waals surface area contributed by atoms with Crippen LogP contribution < -0.4 is 5.59 Å². The lowest BCUT2D eigenvalue weighted by atomic mass is 9.82. The molecule has 1 N–H and O–H groups in total. The molecule has 0 aliphatic carbocycles. The number of aromatic nitrogens is 2. The van der Waals surface area contributed by atoms with Gasteiger partial charge in [0, 0.05) is 5.39 Å². The predicted octanol–water partition coefficient (Wildman–Crippen LogP) is 1.86. The number of para-hydroxylation sites is 1. The average molecular weight is 244 g/mol. The van der Waals surface area contributed by atoms with Gasteiger partial charge in [-0.25, -0.2) is 0 Å². The molecular formula is C13H17BN2O2. The molecule has 4 nitrogen and oxygen atoms in total. The molecule has 0 radical (unpaired) electrons. The maximum absolute atomic E-state index is 6.01. The van der Waals surface area contributed by atoms with E-state index in [2.05, 4.69) is 10.2 Å². The van der Waals surface area contributed by atoms with Gasteiger partial charge in [0.25, 0.3) is 0 Å². The summed E-state index contributed by atoms with van der Waals surface area (Å²) in [6.45, 7) is 8.17. The lowest BCUT2D eigenvalue weighted by molar-refractivity contribution is 0.00578. The van der Waals surface area contributed by atoms with E-state index in [1.165, 1.54) is 0 Å². The molecule has 1 saturated heterocycles. The third-order valence-corrected chi connectivity index (χ3v) is 3.98. The molecule has 5 heteroatoms. The van der Waals surface area contributed by atoms with E-state index < -0.39 is 7.12 Å². The second-order valence-electron chi connectivity index (χ2n) is 5.74. The van der Waals surface area contributed by atoms with E-state index in [0.29, 0.717) is 0 Å². The molecule has 1 aromatic heterocycles. The summed E-state index contributed by atoms with van der Waals surface area (Å²) < 4.78 is 12.0. The van der Waals surface area contributed by atoms with Crippen LogP contribution in [0.25, 0.3) is 10.9 Å². The van der Waals surface area contributed by atoms with Crippen molar-refractivity contribution >= 4 is 23.6 Å². The van der Waals surface area contributed by atoms with Crippen LogP contribution in [0.3, 0.4) is 0 Å². The number of rotatable bonds is 1. The number of fused-ring (bicyclic) bond motifs is 1. The van der Waals surface area contributed by atoms with E-state index in [0.717, 1.165) is 16.5 Å². The van der Waals surface area contributed by atoms with Crippen LogP contribution in [0, 0.1) is 0 Å². The highest BCUT2D eigenvalue weighted by atomic mass is 16.7. The number of nitrogens with zero attached hydrogens (tertiary/aromatic N) is 1. The summed E-state index contributed by atoms with van der Waals surface area (Å²) in [6.07, 6.45) is 0. The molecule has 1 aromatic carbocycles. The van der Waals surface area contributed by atoms with Crippen molar-refractivity contribution in [2.24, 2.45) is 0 Å². The summed E-state index contributed by atoms with van der Waals surface area (Å²) in [5, 5.41) is 8.40. The monoisotopic (exact) mass is 244 g/mol. The van der Waals surface area contributed by atoms with Gasteiger partial charge in [0.15, 0.2) is 0 Å². The van der Waals surface area contributed by atoms with Crippen LogP contribution in [0.1, 0.15) is 27.7 Å². The lowest BCUT2D eigenvalue weighted by Gasteiger charge is -2.32. The highest BCUT2D eigenvalue weighted by Gasteiger charge is 2.53. The van der Waals surface area contributed by atoms with Crippen molar-refractivity contribution in [1.82, 2.24) is 10.2 Å². The van der Waals surface area contributed by atoms with Crippen LogP contribution in [0.2, 0.25) is 0 Å². The molecule has 2 aromatic rings. The van der Waals surface area contributed by atoms with Crippen LogP contribution in [0.4, 0.5) is 0 Å². The minimum Gasteiger partial charge on any atom is -0.398 e. The van der Waals surface area contributed by atoms with E-state index in [4.69, 9.17) is 9.31 Å².